The third kappa shape index (κ3) is 3.13. The van der Waals surface area contributed by atoms with E-state index in [1.165, 1.54) is 18.2 Å². The van der Waals surface area contributed by atoms with Crippen LogP contribution in [-0.2, 0) is 32.0 Å². The zero-order valence-corrected chi connectivity index (χ0v) is 14.0. The van der Waals surface area contributed by atoms with Gasteiger partial charge < -0.3 is 15.0 Å². The molecule has 1 aliphatic heterocycles. The fraction of sp³-hybridized carbons (Fsp3) is 0.500. The molecule has 1 N–H and O–H groups in total. The minimum absolute atomic E-state index is 0.0566. The second kappa shape index (κ2) is 6.63. The van der Waals surface area contributed by atoms with E-state index < -0.39 is 17.9 Å². The third-order valence-corrected chi connectivity index (χ3v) is 4.80. The number of hydrogen-bond donors (Lipinski definition) is 1. The number of carbonyl (C=O) groups excluding carboxylic acids is 3. The van der Waals surface area contributed by atoms with Crippen LogP contribution >= 0.6 is 0 Å². The number of aryl methyl sites for hydroxylation is 2. The molecule has 0 aromatic heterocycles. The molecule has 3 rings (SSSR count). The van der Waals surface area contributed by atoms with E-state index in [9.17, 15) is 14.4 Å². The van der Waals surface area contributed by atoms with Crippen molar-refractivity contribution in [2.24, 2.45) is 5.92 Å². The highest BCUT2D eigenvalue weighted by molar-refractivity contribution is 6.00. The molecule has 1 fully saturated rings. The highest BCUT2D eigenvalue weighted by Gasteiger charge is 2.36. The van der Waals surface area contributed by atoms with Crippen LogP contribution in [0.1, 0.15) is 30.9 Å². The molecule has 6 heteroatoms. The minimum Gasteiger partial charge on any atom is -0.467 e. The number of ether oxygens (including phenoxy) is 1. The number of fused-ring (bicyclic) bond motifs is 1. The molecule has 2 amide bonds. The molecule has 0 bridgehead atoms. The SMILES string of the molecule is COC(=O)[C@H](C)NC(=O)C1CC(=O)N(c2ccc3c(c2)CCC3)C1. The maximum absolute atomic E-state index is 12.3. The van der Waals surface area contributed by atoms with Crippen molar-refractivity contribution in [3.05, 3.63) is 29.3 Å². The number of nitrogens with one attached hydrogen (secondary N) is 1. The number of carbonyl (C=O) groups is 3. The number of benzene rings is 1. The number of nitrogens with zero attached hydrogens (tertiary/aromatic N) is 1. The zero-order chi connectivity index (χ0) is 17.3. The molecule has 2 aliphatic rings. The largest absolute Gasteiger partial charge is 0.467 e. The monoisotopic (exact) mass is 330 g/mol. The van der Waals surface area contributed by atoms with Gasteiger partial charge in [0.2, 0.25) is 11.8 Å². The van der Waals surface area contributed by atoms with E-state index in [0.29, 0.717) is 6.54 Å². The Kier molecular flexibility index (Phi) is 4.55. The predicted molar refractivity (Wildman–Crippen MR) is 88.5 cm³/mol. The van der Waals surface area contributed by atoms with Crippen LogP contribution in [0.25, 0.3) is 0 Å². The van der Waals surface area contributed by atoms with E-state index in [0.717, 1.165) is 24.9 Å². The quantitative estimate of drug-likeness (QED) is 0.842. The topological polar surface area (TPSA) is 75.7 Å². The van der Waals surface area contributed by atoms with Gasteiger partial charge in [0.15, 0.2) is 0 Å². The Morgan fingerprint density at radius 1 is 1.29 bits per heavy atom. The number of hydrogen-bond acceptors (Lipinski definition) is 4. The van der Waals surface area contributed by atoms with Gasteiger partial charge >= 0.3 is 5.97 Å². The molecule has 0 radical (unpaired) electrons. The van der Waals surface area contributed by atoms with E-state index in [1.54, 1.807) is 11.8 Å². The summed E-state index contributed by atoms with van der Waals surface area (Å²) in [7, 11) is 1.28. The lowest BCUT2D eigenvalue weighted by atomic mass is 10.1. The molecule has 128 valence electrons. The number of esters is 1. The van der Waals surface area contributed by atoms with E-state index in [-0.39, 0.29) is 18.2 Å². The normalized spacial score (nSPS) is 20.7. The summed E-state index contributed by atoms with van der Waals surface area (Å²) in [5.41, 5.74) is 3.51. The molecule has 0 spiro atoms. The average molecular weight is 330 g/mol. The first-order valence-corrected chi connectivity index (χ1v) is 8.30. The molecule has 1 saturated heterocycles. The fourth-order valence-electron chi connectivity index (χ4n) is 3.43. The summed E-state index contributed by atoms with van der Waals surface area (Å²) >= 11 is 0. The van der Waals surface area contributed by atoms with Gasteiger partial charge in [-0.1, -0.05) is 6.07 Å². The highest BCUT2D eigenvalue weighted by Crippen LogP contribution is 2.30. The van der Waals surface area contributed by atoms with E-state index >= 15 is 0 Å². The maximum Gasteiger partial charge on any atom is 0.328 e. The van der Waals surface area contributed by atoms with Crippen LogP contribution in [0.15, 0.2) is 18.2 Å². The Labute approximate surface area is 141 Å². The Hall–Kier alpha value is -2.37. The molecular formula is C18H22N2O4. The molecular weight excluding hydrogens is 308 g/mol. The minimum atomic E-state index is -0.716. The van der Waals surface area contributed by atoms with Crippen molar-refractivity contribution in [2.75, 3.05) is 18.6 Å². The lowest BCUT2D eigenvalue weighted by molar-refractivity contribution is -0.144. The average Bonchev–Trinajstić information content (AvgIpc) is 3.19. The molecule has 0 saturated carbocycles. The Morgan fingerprint density at radius 2 is 2.04 bits per heavy atom. The number of amides is 2. The fourth-order valence-corrected chi connectivity index (χ4v) is 3.43. The van der Waals surface area contributed by atoms with Crippen molar-refractivity contribution in [3.63, 3.8) is 0 Å². The van der Waals surface area contributed by atoms with Gasteiger partial charge in [-0.15, -0.1) is 0 Å². The van der Waals surface area contributed by atoms with Gasteiger partial charge in [0, 0.05) is 18.7 Å². The van der Waals surface area contributed by atoms with Crippen molar-refractivity contribution < 1.29 is 19.1 Å². The van der Waals surface area contributed by atoms with Gasteiger partial charge in [0.25, 0.3) is 0 Å². The van der Waals surface area contributed by atoms with Gasteiger partial charge in [0.1, 0.15) is 6.04 Å². The highest BCUT2D eigenvalue weighted by atomic mass is 16.5. The molecule has 1 unspecified atom stereocenters. The number of rotatable bonds is 4. The van der Waals surface area contributed by atoms with Crippen LogP contribution in [-0.4, -0.2) is 37.5 Å². The summed E-state index contributed by atoms with van der Waals surface area (Å²) in [6.07, 6.45) is 3.46. The lowest BCUT2D eigenvalue weighted by Gasteiger charge is -2.18. The summed E-state index contributed by atoms with van der Waals surface area (Å²) in [5, 5.41) is 2.61. The van der Waals surface area contributed by atoms with E-state index in [4.69, 9.17) is 0 Å². The molecule has 2 atom stereocenters. The Morgan fingerprint density at radius 3 is 2.79 bits per heavy atom. The smallest absolute Gasteiger partial charge is 0.328 e. The summed E-state index contributed by atoms with van der Waals surface area (Å²) in [6, 6.07) is 5.39. The van der Waals surface area contributed by atoms with E-state index in [2.05, 4.69) is 22.2 Å². The van der Waals surface area contributed by atoms with Crippen molar-refractivity contribution in [1.29, 1.82) is 0 Å². The second-order valence-electron chi connectivity index (χ2n) is 6.47. The second-order valence-corrected chi connectivity index (χ2v) is 6.47. The van der Waals surface area contributed by atoms with Crippen LogP contribution in [0.3, 0.4) is 0 Å². The molecule has 24 heavy (non-hydrogen) atoms. The zero-order valence-electron chi connectivity index (χ0n) is 14.0. The molecule has 1 aliphatic carbocycles. The van der Waals surface area contributed by atoms with Crippen molar-refractivity contribution >= 4 is 23.5 Å². The molecule has 1 aromatic rings. The van der Waals surface area contributed by atoms with Crippen molar-refractivity contribution in [3.8, 4) is 0 Å². The molecule has 6 nitrogen and oxygen atoms in total. The first-order chi connectivity index (χ1) is 11.5. The van der Waals surface area contributed by atoms with Crippen LogP contribution in [0.4, 0.5) is 5.69 Å². The van der Waals surface area contributed by atoms with Crippen molar-refractivity contribution in [2.45, 2.75) is 38.6 Å². The van der Waals surface area contributed by atoms with Gasteiger partial charge in [-0.25, -0.2) is 4.79 Å². The van der Waals surface area contributed by atoms with Crippen molar-refractivity contribution in [1.82, 2.24) is 5.32 Å². The lowest BCUT2D eigenvalue weighted by Crippen LogP contribution is -2.43. The molecule has 1 aromatic carbocycles. The summed E-state index contributed by atoms with van der Waals surface area (Å²) < 4.78 is 4.60. The van der Waals surface area contributed by atoms with Gasteiger partial charge in [-0.3, -0.25) is 9.59 Å². The Balaban J connectivity index is 1.67. The number of anilines is 1. The van der Waals surface area contributed by atoms with Gasteiger partial charge in [-0.2, -0.15) is 0 Å². The third-order valence-electron chi connectivity index (χ3n) is 4.80. The van der Waals surface area contributed by atoms with Gasteiger partial charge in [-0.05, 0) is 49.4 Å². The maximum atomic E-state index is 12.3. The number of methoxy groups -OCH3 is 1. The van der Waals surface area contributed by atoms with Crippen LogP contribution in [0.5, 0.6) is 0 Å². The summed E-state index contributed by atoms with van der Waals surface area (Å²) in [4.78, 5) is 37.7. The van der Waals surface area contributed by atoms with Gasteiger partial charge in [0.05, 0.1) is 13.0 Å². The summed E-state index contributed by atoms with van der Waals surface area (Å²) in [6.45, 7) is 1.91. The van der Waals surface area contributed by atoms with Crippen LogP contribution < -0.4 is 10.2 Å². The van der Waals surface area contributed by atoms with Crippen LogP contribution in [0, 0.1) is 5.92 Å². The van der Waals surface area contributed by atoms with Crippen LogP contribution in [0.2, 0.25) is 0 Å². The first-order valence-electron chi connectivity index (χ1n) is 8.30. The Bertz CT molecular complexity index is 686. The predicted octanol–water partition coefficient (Wildman–Crippen LogP) is 1.21. The summed E-state index contributed by atoms with van der Waals surface area (Å²) in [5.74, 6) is -1.29. The molecule has 1 heterocycles. The standard InChI is InChI=1S/C18H22N2O4/c1-11(18(23)24-2)19-17(22)14-9-16(21)20(10-14)15-7-6-12-4-3-5-13(12)8-15/h6-8,11,14H,3-5,9-10H2,1-2H3,(H,19,22)/t11-,14?/m0/s1. The van der Waals surface area contributed by atoms with E-state index in [1.807, 2.05) is 6.07 Å². The first kappa shape index (κ1) is 16.5.